The Bertz CT molecular complexity index is 567. The van der Waals surface area contributed by atoms with Gasteiger partial charge in [0, 0.05) is 13.0 Å². The lowest BCUT2D eigenvalue weighted by molar-refractivity contribution is -0.183. The van der Waals surface area contributed by atoms with E-state index in [1.54, 1.807) is 0 Å². The Hall–Kier alpha value is -1.59. The first-order valence-electron chi connectivity index (χ1n) is 9.14. The van der Waals surface area contributed by atoms with Crippen molar-refractivity contribution in [3.8, 4) is 0 Å². The fourth-order valence-corrected chi connectivity index (χ4v) is 4.03. The van der Waals surface area contributed by atoms with Gasteiger partial charge in [0.1, 0.15) is 0 Å². The van der Waals surface area contributed by atoms with Gasteiger partial charge in [-0.05, 0) is 30.7 Å². The SMILES string of the molecule is O=C(N[C@H](c1ccccc1)C1CCC1)N1CCCC2(C1)OCCO2. The zero-order valence-electron chi connectivity index (χ0n) is 14.1. The smallest absolute Gasteiger partial charge is 0.318 e. The summed E-state index contributed by atoms with van der Waals surface area (Å²) in [5.74, 6) is -0.0111. The largest absolute Gasteiger partial charge is 0.346 e. The van der Waals surface area contributed by atoms with E-state index in [9.17, 15) is 4.79 Å². The molecule has 1 aromatic rings. The number of hydrogen-bond donors (Lipinski definition) is 1. The summed E-state index contributed by atoms with van der Waals surface area (Å²) in [6.45, 7) is 2.56. The zero-order valence-corrected chi connectivity index (χ0v) is 14.1. The summed E-state index contributed by atoms with van der Waals surface area (Å²) >= 11 is 0. The van der Waals surface area contributed by atoms with Crippen LogP contribution in [-0.2, 0) is 9.47 Å². The van der Waals surface area contributed by atoms with Crippen LogP contribution in [0.3, 0.4) is 0 Å². The maximum Gasteiger partial charge on any atom is 0.318 e. The third kappa shape index (κ3) is 3.15. The highest BCUT2D eigenvalue weighted by molar-refractivity contribution is 5.75. The van der Waals surface area contributed by atoms with Crippen molar-refractivity contribution >= 4 is 6.03 Å². The van der Waals surface area contributed by atoms with E-state index in [4.69, 9.17) is 9.47 Å². The average molecular weight is 330 g/mol. The quantitative estimate of drug-likeness (QED) is 0.926. The molecule has 24 heavy (non-hydrogen) atoms. The van der Waals surface area contributed by atoms with Gasteiger partial charge in [-0.2, -0.15) is 0 Å². The summed E-state index contributed by atoms with van der Waals surface area (Å²) in [5.41, 5.74) is 1.20. The van der Waals surface area contributed by atoms with Crippen molar-refractivity contribution in [3.63, 3.8) is 0 Å². The van der Waals surface area contributed by atoms with E-state index in [0.717, 1.165) is 19.4 Å². The van der Waals surface area contributed by atoms with Crippen LogP contribution in [0, 0.1) is 5.92 Å². The van der Waals surface area contributed by atoms with Gasteiger partial charge in [-0.3, -0.25) is 0 Å². The standard InChI is InChI=1S/C19H26N2O3/c22-18(21-11-5-10-19(14-21)23-12-13-24-19)20-17(16-8-4-9-16)15-6-2-1-3-7-15/h1-3,6-7,16-17H,4-5,8-14H2,(H,20,22)/t17-/m1/s1. The summed E-state index contributed by atoms with van der Waals surface area (Å²) < 4.78 is 11.6. The minimum absolute atomic E-state index is 0.00827. The number of carbonyl (C=O) groups excluding carboxylic acids is 1. The van der Waals surface area contributed by atoms with Crippen molar-refractivity contribution in [3.05, 3.63) is 35.9 Å². The minimum Gasteiger partial charge on any atom is -0.346 e. The highest BCUT2D eigenvalue weighted by atomic mass is 16.7. The molecule has 5 heteroatoms. The normalized spacial score (nSPS) is 24.6. The molecule has 0 bridgehead atoms. The fourth-order valence-electron chi connectivity index (χ4n) is 4.03. The molecule has 1 N–H and O–H groups in total. The minimum atomic E-state index is -0.561. The molecular weight excluding hydrogens is 304 g/mol. The first-order valence-corrected chi connectivity index (χ1v) is 9.14. The molecule has 1 aromatic carbocycles. The van der Waals surface area contributed by atoms with E-state index in [1.807, 2.05) is 23.1 Å². The first-order chi connectivity index (χ1) is 11.8. The van der Waals surface area contributed by atoms with E-state index in [-0.39, 0.29) is 12.1 Å². The predicted molar refractivity (Wildman–Crippen MR) is 90.5 cm³/mol. The summed E-state index contributed by atoms with van der Waals surface area (Å²) in [7, 11) is 0. The van der Waals surface area contributed by atoms with Crippen LogP contribution in [0.5, 0.6) is 0 Å². The number of ether oxygens (including phenoxy) is 2. The van der Waals surface area contributed by atoms with Crippen LogP contribution in [0.15, 0.2) is 30.3 Å². The average Bonchev–Trinajstić information content (AvgIpc) is 3.01. The molecule has 130 valence electrons. The lowest BCUT2D eigenvalue weighted by atomic mass is 9.77. The fraction of sp³-hybridized carbons (Fsp3) is 0.632. The number of nitrogens with one attached hydrogen (secondary N) is 1. The number of benzene rings is 1. The van der Waals surface area contributed by atoms with E-state index >= 15 is 0 Å². The van der Waals surface area contributed by atoms with E-state index in [0.29, 0.717) is 25.7 Å². The maximum atomic E-state index is 12.9. The molecule has 4 rings (SSSR count). The van der Waals surface area contributed by atoms with Crippen molar-refractivity contribution in [2.75, 3.05) is 26.3 Å². The highest BCUT2D eigenvalue weighted by Crippen LogP contribution is 2.38. The van der Waals surface area contributed by atoms with Gasteiger partial charge >= 0.3 is 6.03 Å². The second-order valence-electron chi connectivity index (χ2n) is 7.16. The Balaban J connectivity index is 1.45. The predicted octanol–water partition coefficient (Wildman–Crippen LogP) is 3.08. The third-order valence-corrected chi connectivity index (χ3v) is 5.58. The molecule has 2 aliphatic heterocycles. The van der Waals surface area contributed by atoms with Gasteiger partial charge in [-0.25, -0.2) is 4.79 Å². The van der Waals surface area contributed by atoms with E-state index in [2.05, 4.69) is 17.4 Å². The Morgan fingerprint density at radius 2 is 1.92 bits per heavy atom. The maximum absolute atomic E-state index is 12.9. The molecule has 2 heterocycles. The molecule has 2 amide bonds. The molecule has 2 saturated heterocycles. The van der Waals surface area contributed by atoms with Crippen molar-refractivity contribution in [2.24, 2.45) is 5.92 Å². The van der Waals surface area contributed by atoms with Gasteiger partial charge in [-0.15, -0.1) is 0 Å². The lowest BCUT2D eigenvalue weighted by Crippen LogP contribution is -2.54. The molecule has 3 fully saturated rings. The summed E-state index contributed by atoms with van der Waals surface area (Å²) in [5, 5.41) is 3.29. The van der Waals surface area contributed by atoms with Crippen molar-refractivity contribution in [1.29, 1.82) is 0 Å². The molecule has 0 aromatic heterocycles. The lowest BCUT2D eigenvalue weighted by Gasteiger charge is -2.40. The van der Waals surface area contributed by atoms with Crippen molar-refractivity contribution in [1.82, 2.24) is 10.2 Å². The van der Waals surface area contributed by atoms with Gasteiger partial charge in [0.15, 0.2) is 5.79 Å². The summed E-state index contributed by atoms with van der Waals surface area (Å²) in [4.78, 5) is 14.7. The van der Waals surface area contributed by atoms with Gasteiger partial charge in [0.2, 0.25) is 0 Å². The van der Waals surface area contributed by atoms with Crippen LogP contribution >= 0.6 is 0 Å². The highest BCUT2D eigenvalue weighted by Gasteiger charge is 2.42. The zero-order chi connectivity index (χ0) is 16.4. The van der Waals surface area contributed by atoms with Crippen molar-refractivity contribution < 1.29 is 14.3 Å². The molecule has 5 nitrogen and oxygen atoms in total. The molecule has 1 aliphatic carbocycles. The van der Waals surface area contributed by atoms with Crippen LogP contribution in [-0.4, -0.2) is 43.0 Å². The van der Waals surface area contributed by atoms with E-state index < -0.39 is 5.79 Å². The van der Waals surface area contributed by atoms with Gasteiger partial charge < -0.3 is 19.7 Å². The number of urea groups is 1. The van der Waals surface area contributed by atoms with Gasteiger partial charge in [0.25, 0.3) is 0 Å². The Kier molecular flexibility index (Phi) is 4.46. The summed E-state index contributed by atoms with van der Waals surface area (Å²) in [6.07, 6.45) is 5.44. The van der Waals surface area contributed by atoms with E-state index in [1.165, 1.54) is 24.8 Å². The molecule has 1 spiro atoms. The molecular formula is C19H26N2O3. The van der Waals surface area contributed by atoms with Gasteiger partial charge in [0.05, 0.1) is 25.8 Å². The number of carbonyl (C=O) groups is 1. The Labute approximate surface area is 143 Å². The van der Waals surface area contributed by atoms with Crippen LogP contribution in [0.25, 0.3) is 0 Å². The third-order valence-electron chi connectivity index (χ3n) is 5.58. The number of likely N-dealkylation sites (tertiary alicyclic amines) is 1. The van der Waals surface area contributed by atoms with Crippen molar-refractivity contribution in [2.45, 2.75) is 43.9 Å². The Morgan fingerprint density at radius 3 is 2.58 bits per heavy atom. The second-order valence-corrected chi connectivity index (χ2v) is 7.16. The monoisotopic (exact) mass is 330 g/mol. The van der Waals surface area contributed by atoms with Gasteiger partial charge in [-0.1, -0.05) is 36.8 Å². The van der Waals surface area contributed by atoms with Crippen LogP contribution < -0.4 is 5.32 Å². The topological polar surface area (TPSA) is 50.8 Å². The number of piperidine rings is 1. The van der Waals surface area contributed by atoms with Crippen LogP contribution in [0.1, 0.15) is 43.7 Å². The summed E-state index contributed by atoms with van der Waals surface area (Å²) in [6, 6.07) is 10.5. The molecule has 1 atom stereocenters. The molecule has 0 unspecified atom stereocenters. The molecule has 3 aliphatic rings. The Morgan fingerprint density at radius 1 is 1.17 bits per heavy atom. The number of hydrogen-bond acceptors (Lipinski definition) is 3. The number of amides is 2. The van der Waals surface area contributed by atoms with Crippen LogP contribution in [0.4, 0.5) is 4.79 Å². The first kappa shape index (κ1) is 15.9. The van der Waals surface area contributed by atoms with Crippen LogP contribution in [0.2, 0.25) is 0 Å². The molecule has 1 saturated carbocycles. The number of nitrogens with zero attached hydrogens (tertiary/aromatic N) is 1. The molecule has 0 radical (unpaired) electrons. The second kappa shape index (κ2) is 6.73. The number of rotatable bonds is 3.